The molecule has 0 fully saturated rings. The van der Waals surface area contributed by atoms with Crippen LogP contribution in [0, 0.1) is 0 Å². The molecule has 1 rings (SSSR count). The zero-order valence-electron chi connectivity index (χ0n) is 15.3. The highest BCUT2D eigenvalue weighted by molar-refractivity contribution is 14.0. The first kappa shape index (κ1) is 22.7. The lowest BCUT2D eigenvalue weighted by atomic mass is 10.3. The minimum Gasteiger partial charge on any atom is -0.359 e. The molecule has 0 bridgehead atoms. The zero-order chi connectivity index (χ0) is 17.2. The summed E-state index contributed by atoms with van der Waals surface area (Å²) in [5, 5.41) is 7.15. The van der Waals surface area contributed by atoms with Crippen molar-refractivity contribution in [2.24, 2.45) is 4.99 Å². The van der Waals surface area contributed by atoms with Gasteiger partial charge in [-0.2, -0.15) is 0 Å². The van der Waals surface area contributed by atoms with Crippen LogP contribution >= 0.6 is 24.0 Å². The van der Waals surface area contributed by atoms with Gasteiger partial charge in [-0.1, -0.05) is 12.1 Å². The second-order valence-electron chi connectivity index (χ2n) is 5.23. The molecule has 0 aromatic carbocycles. The van der Waals surface area contributed by atoms with E-state index in [0.29, 0.717) is 32.1 Å². The molecular formula is C16H30IN5O2. The van der Waals surface area contributed by atoms with Crippen LogP contribution in [0.25, 0.3) is 0 Å². The second-order valence-corrected chi connectivity index (χ2v) is 5.23. The smallest absolute Gasteiger partial charge is 0.242 e. The largest absolute Gasteiger partial charge is 0.359 e. The average Bonchev–Trinajstić information content (AvgIpc) is 3.00. The molecule has 138 valence electrons. The molecule has 0 saturated heterocycles. The molecule has 0 radical (unpaired) electrons. The number of aromatic nitrogens is 1. The van der Waals surface area contributed by atoms with Gasteiger partial charge >= 0.3 is 0 Å². The van der Waals surface area contributed by atoms with E-state index in [9.17, 15) is 4.79 Å². The van der Waals surface area contributed by atoms with Crippen LogP contribution in [0.3, 0.4) is 0 Å². The van der Waals surface area contributed by atoms with Gasteiger partial charge in [0.05, 0.1) is 12.2 Å². The van der Waals surface area contributed by atoms with E-state index < -0.39 is 0 Å². The molecule has 0 saturated carbocycles. The number of amides is 1. The Hall–Kier alpha value is -1.32. The Labute approximate surface area is 161 Å². The predicted octanol–water partition coefficient (Wildman–Crippen LogP) is 2.12. The summed E-state index contributed by atoms with van der Waals surface area (Å²) >= 11 is 0. The molecule has 1 heterocycles. The number of hydrogen-bond acceptors (Lipinski definition) is 4. The fraction of sp³-hybridized carbons (Fsp3) is 0.688. The van der Waals surface area contributed by atoms with Gasteiger partial charge in [0.1, 0.15) is 6.54 Å². The third-order valence-corrected chi connectivity index (χ3v) is 3.54. The van der Waals surface area contributed by atoms with E-state index in [1.54, 1.807) is 0 Å². The number of halogens is 1. The monoisotopic (exact) mass is 451 g/mol. The molecule has 8 heteroatoms. The lowest BCUT2D eigenvalue weighted by Crippen LogP contribution is -2.45. The highest BCUT2D eigenvalue weighted by atomic mass is 127. The number of carbonyl (C=O) groups excluding carboxylic acids is 1. The summed E-state index contributed by atoms with van der Waals surface area (Å²) in [6.07, 6.45) is 0.839. The number of likely N-dealkylation sites (N-methyl/N-ethyl adjacent to an activating group) is 2. The lowest BCUT2D eigenvalue weighted by molar-refractivity contribution is -0.131. The molecule has 0 unspecified atom stereocenters. The maximum absolute atomic E-state index is 12.2. The molecule has 1 N–H and O–H groups in total. The van der Waals surface area contributed by atoms with Crippen molar-refractivity contribution < 1.29 is 9.32 Å². The number of hydrogen-bond donors (Lipinski definition) is 1. The Morgan fingerprint density at radius 1 is 1.29 bits per heavy atom. The second kappa shape index (κ2) is 12.1. The zero-order valence-corrected chi connectivity index (χ0v) is 17.7. The minimum absolute atomic E-state index is 0. The summed E-state index contributed by atoms with van der Waals surface area (Å²) in [6.45, 7) is 10.9. The van der Waals surface area contributed by atoms with Gasteiger partial charge in [0.15, 0.2) is 11.7 Å². The summed E-state index contributed by atoms with van der Waals surface area (Å²) in [5.74, 6) is 1.50. The molecule has 0 aliphatic carbocycles. The van der Waals surface area contributed by atoms with E-state index in [2.05, 4.69) is 15.5 Å². The van der Waals surface area contributed by atoms with Gasteiger partial charge in [0, 0.05) is 32.7 Å². The van der Waals surface area contributed by atoms with Crippen LogP contribution in [0.5, 0.6) is 0 Å². The predicted molar refractivity (Wildman–Crippen MR) is 107 cm³/mol. The van der Waals surface area contributed by atoms with Crippen molar-refractivity contribution in [2.75, 3.05) is 33.2 Å². The molecule has 7 nitrogen and oxygen atoms in total. The highest BCUT2D eigenvalue weighted by Gasteiger charge is 2.15. The van der Waals surface area contributed by atoms with Gasteiger partial charge < -0.3 is 19.6 Å². The summed E-state index contributed by atoms with van der Waals surface area (Å²) in [4.78, 5) is 20.4. The topological polar surface area (TPSA) is 74.0 Å². The lowest BCUT2D eigenvalue weighted by Gasteiger charge is -2.25. The summed E-state index contributed by atoms with van der Waals surface area (Å²) in [7, 11) is 1.86. The Balaban J connectivity index is 0.00000529. The number of nitrogens with zero attached hydrogens (tertiary/aromatic N) is 4. The molecule has 0 atom stereocenters. The van der Waals surface area contributed by atoms with Gasteiger partial charge in [-0.25, -0.2) is 4.99 Å². The first-order chi connectivity index (χ1) is 11.0. The third-order valence-electron chi connectivity index (χ3n) is 3.54. The van der Waals surface area contributed by atoms with E-state index in [-0.39, 0.29) is 29.9 Å². The van der Waals surface area contributed by atoms with Crippen molar-refractivity contribution in [1.82, 2.24) is 20.3 Å². The van der Waals surface area contributed by atoms with Crippen molar-refractivity contribution in [3.8, 4) is 0 Å². The molecule has 0 aliphatic heterocycles. The average molecular weight is 451 g/mol. The van der Waals surface area contributed by atoms with Crippen LogP contribution in [0.1, 0.15) is 39.1 Å². The quantitative estimate of drug-likeness (QED) is 0.373. The van der Waals surface area contributed by atoms with Crippen molar-refractivity contribution in [3.05, 3.63) is 17.5 Å². The van der Waals surface area contributed by atoms with Crippen LogP contribution in [0.2, 0.25) is 0 Å². The molecule has 24 heavy (non-hydrogen) atoms. The summed E-state index contributed by atoms with van der Waals surface area (Å²) < 4.78 is 5.24. The van der Waals surface area contributed by atoms with Gasteiger partial charge in [-0.15, -0.1) is 24.0 Å². The number of aryl methyl sites for hydroxylation is 1. The summed E-state index contributed by atoms with van der Waals surface area (Å²) in [6, 6.07) is 1.91. The van der Waals surface area contributed by atoms with E-state index in [1.807, 2.05) is 50.6 Å². The molecule has 0 aliphatic rings. The van der Waals surface area contributed by atoms with Crippen molar-refractivity contribution in [2.45, 2.75) is 40.7 Å². The maximum atomic E-state index is 12.2. The van der Waals surface area contributed by atoms with Crippen molar-refractivity contribution >= 4 is 35.8 Å². The van der Waals surface area contributed by atoms with Crippen molar-refractivity contribution in [3.63, 3.8) is 0 Å². The van der Waals surface area contributed by atoms with Gasteiger partial charge in [-0.3, -0.25) is 4.79 Å². The Morgan fingerprint density at radius 3 is 2.46 bits per heavy atom. The SMILES string of the molecule is CCNC(=NCc1cc(CC)no1)N(C)CC(=O)N(CC)CC.I. The number of guanidine groups is 1. The van der Waals surface area contributed by atoms with Gasteiger partial charge in [-0.05, 0) is 27.2 Å². The summed E-state index contributed by atoms with van der Waals surface area (Å²) in [5.41, 5.74) is 0.922. The normalized spacial score (nSPS) is 11.0. The maximum Gasteiger partial charge on any atom is 0.242 e. The fourth-order valence-corrected chi connectivity index (χ4v) is 2.17. The van der Waals surface area contributed by atoms with Gasteiger partial charge in [0.2, 0.25) is 5.91 Å². The van der Waals surface area contributed by atoms with Crippen LogP contribution in [0.4, 0.5) is 0 Å². The highest BCUT2D eigenvalue weighted by Crippen LogP contribution is 2.06. The van der Waals surface area contributed by atoms with Crippen LogP contribution in [-0.2, 0) is 17.8 Å². The molecule has 1 aromatic rings. The molecule has 1 amide bonds. The Morgan fingerprint density at radius 2 is 1.96 bits per heavy atom. The van der Waals surface area contributed by atoms with Crippen LogP contribution in [0.15, 0.2) is 15.6 Å². The Kier molecular flexibility index (Phi) is 11.4. The first-order valence-corrected chi connectivity index (χ1v) is 8.27. The molecule has 0 spiro atoms. The van der Waals surface area contributed by atoms with E-state index in [0.717, 1.165) is 24.4 Å². The number of carbonyl (C=O) groups is 1. The van der Waals surface area contributed by atoms with E-state index in [4.69, 9.17) is 4.52 Å². The standard InChI is InChI=1S/C16H29N5O2.HI/c1-6-13-10-14(23-19-13)11-18-16(17-7-2)20(5)12-15(22)21(8-3)9-4;/h10H,6-9,11-12H2,1-5H3,(H,17,18);1H. The van der Waals surface area contributed by atoms with Gasteiger partial charge in [0.25, 0.3) is 0 Å². The third kappa shape index (κ3) is 7.06. The van der Waals surface area contributed by atoms with Crippen molar-refractivity contribution in [1.29, 1.82) is 0 Å². The minimum atomic E-state index is 0. The molecule has 1 aromatic heterocycles. The Bertz CT molecular complexity index is 514. The van der Waals surface area contributed by atoms with Crippen LogP contribution < -0.4 is 5.32 Å². The fourth-order valence-electron chi connectivity index (χ4n) is 2.17. The van der Waals surface area contributed by atoms with E-state index in [1.165, 1.54) is 0 Å². The number of nitrogens with one attached hydrogen (secondary N) is 1. The molecular weight excluding hydrogens is 421 g/mol. The van der Waals surface area contributed by atoms with Crippen LogP contribution in [-0.4, -0.2) is 60.0 Å². The first-order valence-electron chi connectivity index (χ1n) is 8.27. The number of rotatable bonds is 8. The van der Waals surface area contributed by atoms with E-state index >= 15 is 0 Å². The number of aliphatic imine (C=N–C) groups is 1.